The number of rotatable bonds is 3. The van der Waals surface area contributed by atoms with Gasteiger partial charge in [0, 0.05) is 18.8 Å². The molecule has 3 N–H and O–H groups in total. The van der Waals surface area contributed by atoms with Crippen molar-refractivity contribution in [2.45, 2.75) is 6.42 Å². The van der Waals surface area contributed by atoms with E-state index in [0.717, 1.165) is 11.4 Å². The number of nitrogens with two attached hydrogens (primary N) is 1. The van der Waals surface area contributed by atoms with Gasteiger partial charge in [0.05, 0.1) is 5.01 Å². The van der Waals surface area contributed by atoms with Crippen LogP contribution in [0.5, 0.6) is 0 Å². The van der Waals surface area contributed by atoms with Crippen molar-refractivity contribution in [2.24, 2.45) is 5.73 Å². The third-order valence-electron chi connectivity index (χ3n) is 2.32. The number of thiophene rings is 1. The number of carbonyl (C=O) groups is 1. The van der Waals surface area contributed by atoms with E-state index in [-0.39, 0.29) is 11.0 Å². The molecule has 0 saturated heterocycles. The maximum atomic E-state index is 11.9. The molecule has 0 aliphatic carbocycles. The Kier molecular flexibility index (Phi) is 4.46. The molecule has 19 heavy (non-hydrogen) atoms. The van der Waals surface area contributed by atoms with Gasteiger partial charge in [-0.2, -0.15) is 11.3 Å². The van der Waals surface area contributed by atoms with Crippen molar-refractivity contribution in [1.29, 1.82) is 0 Å². The summed E-state index contributed by atoms with van der Waals surface area (Å²) in [4.78, 5) is 16.2. The maximum Gasteiger partial charge on any atom is 0.289 e. The number of aromatic nitrogens is 1. The zero-order valence-corrected chi connectivity index (χ0v) is 12.6. The molecule has 8 heteroatoms. The summed E-state index contributed by atoms with van der Waals surface area (Å²) in [7, 11) is 1.58. The fourth-order valence-corrected chi connectivity index (χ4v) is 2.85. The minimum absolute atomic E-state index is 0.0991. The Bertz CT molecular complexity index is 579. The Balaban J connectivity index is 2.00. The number of thiocarbonyl (C=S) groups is 1. The van der Waals surface area contributed by atoms with Crippen molar-refractivity contribution in [3.05, 3.63) is 38.5 Å². The lowest BCUT2D eigenvalue weighted by molar-refractivity contribution is 0.0883. The van der Waals surface area contributed by atoms with Gasteiger partial charge in [-0.3, -0.25) is 15.2 Å². The predicted molar refractivity (Wildman–Crippen MR) is 81.3 cm³/mol. The molecule has 0 radical (unpaired) electrons. The highest BCUT2D eigenvalue weighted by molar-refractivity contribution is 7.80. The highest BCUT2D eigenvalue weighted by atomic mass is 32.1. The molecular formula is C11H12N4OS3. The van der Waals surface area contributed by atoms with E-state index < -0.39 is 0 Å². The van der Waals surface area contributed by atoms with Crippen molar-refractivity contribution in [1.82, 2.24) is 15.4 Å². The Morgan fingerprint density at radius 1 is 1.58 bits per heavy atom. The van der Waals surface area contributed by atoms with Crippen LogP contribution < -0.4 is 11.2 Å². The van der Waals surface area contributed by atoms with E-state index in [1.54, 1.807) is 23.8 Å². The topological polar surface area (TPSA) is 71.2 Å². The summed E-state index contributed by atoms with van der Waals surface area (Å²) in [5, 5.41) is 8.11. The molecule has 0 atom stereocenters. The molecule has 2 rings (SSSR count). The Hall–Kier alpha value is -1.51. The van der Waals surface area contributed by atoms with E-state index in [4.69, 9.17) is 18.0 Å². The van der Waals surface area contributed by atoms with Crippen LogP contribution in [0.15, 0.2) is 22.2 Å². The van der Waals surface area contributed by atoms with Gasteiger partial charge in [0.1, 0.15) is 5.69 Å². The first-order valence-corrected chi connectivity index (χ1v) is 7.59. The largest absolute Gasteiger partial charge is 0.375 e. The van der Waals surface area contributed by atoms with Crippen molar-refractivity contribution < 1.29 is 4.79 Å². The van der Waals surface area contributed by atoms with Gasteiger partial charge >= 0.3 is 0 Å². The summed E-state index contributed by atoms with van der Waals surface area (Å²) in [6.45, 7) is 0. The van der Waals surface area contributed by atoms with E-state index in [9.17, 15) is 4.79 Å². The average molecular weight is 312 g/mol. The van der Waals surface area contributed by atoms with Crippen LogP contribution in [0.25, 0.3) is 0 Å². The Morgan fingerprint density at radius 2 is 2.37 bits per heavy atom. The molecule has 5 nitrogen and oxygen atoms in total. The number of thiazole rings is 1. The van der Waals surface area contributed by atoms with E-state index in [0.29, 0.717) is 5.69 Å². The van der Waals surface area contributed by atoms with Crippen molar-refractivity contribution in [3.8, 4) is 0 Å². The fourth-order valence-electron chi connectivity index (χ4n) is 1.33. The maximum absolute atomic E-state index is 11.9. The number of nitrogens with one attached hydrogen (secondary N) is 1. The van der Waals surface area contributed by atoms with Crippen LogP contribution in [-0.2, 0) is 6.42 Å². The first-order valence-electron chi connectivity index (χ1n) is 5.36. The molecular weight excluding hydrogens is 300 g/mol. The monoisotopic (exact) mass is 312 g/mol. The van der Waals surface area contributed by atoms with Crippen LogP contribution in [-0.4, -0.2) is 28.1 Å². The van der Waals surface area contributed by atoms with Crippen LogP contribution in [0, 0.1) is 0 Å². The highest BCUT2D eigenvalue weighted by Crippen LogP contribution is 2.16. The quantitative estimate of drug-likeness (QED) is 0.665. The molecule has 0 bridgehead atoms. The molecule has 1 amide bonds. The van der Waals surface area contributed by atoms with E-state index >= 15 is 0 Å². The lowest BCUT2D eigenvalue weighted by atomic mass is 10.2. The van der Waals surface area contributed by atoms with Gasteiger partial charge in [0.2, 0.25) is 0 Å². The molecule has 0 spiro atoms. The summed E-state index contributed by atoms with van der Waals surface area (Å²) >= 11 is 7.85. The lowest BCUT2D eigenvalue weighted by Crippen LogP contribution is -2.45. The number of hydrazine groups is 1. The second kappa shape index (κ2) is 6.09. The van der Waals surface area contributed by atoms with Gasteiger partial charge in [0.25, 0.3) is 5.91 Å². The first-order chi connectivity index (χ1) is 9.06. The van der Waals surface area contributed by atoms with Gasteiger partial charge < -0.3 is 5.73 Å². The van der Waals surface area contributed by atoms with Crippen LogP contribution in [0.2, 0.25) is 0 Å². The number of carbonyl (C=O) groups excluding carboxylic acids is 1. The molecule has 0 unspecified atom stereocenters. The number of hydrogen-bond donors (Lipinski definition) is 2. The lowest BCUT2D eigenvalue weighted by Gasteiger charge is -2.16. The van der Waals surface area contributed by atoms with E-state index in [1.807, 2.05) is 11.4 Å². The number of hydrogen-bond acceptors (Lipinski definition) is 5. The van der Waals surface area contributed by atoms with Crippen LogP contribution in [0.1, 0.15) is 21.1 Å². The molecule has 2 aromatic heterocycles. The van der Waals surface area contributed by atoms with Gasteiger partial charge in [0.15, 0.2) is 5.11 Å². The molecule has 0 aliphatic heterocycles. The SMILES string of the molecule is CN(NC(=O)c1csc(Cc2ccsc2)n1)C(N)=S. The summed E-state index contributed by atoms with van der Waals surface area (Å²) in [5.41, 5.74) is 9.50. The highest BCUT2D eigenvalue weighted by Gasteiger charge is 2.13. The molecule has 2 aromatic rings. The summed E-state index contributed by atoms with van der Waals surface area (Å²) < 4.78 is 0. The zero-order valence-electron chi connectivity index (χ0n) is 10.1. The molecule has 0 saturated carbocycles. The predicted octanol–water partition coefficient (Wildman–Crippen LogP) is 1.62. The zero-order chi connectivity index (χ0) is 13.8. The summed E-state index contributed by atoms with van der Waals surface area (Å²) in [6.07, 6.45) is 0.743. The van der Waals surface area contributed by atoms with Gasteiger partial charge in [-0.25, -0.2) is 4.98 Å². The van der Waals surface area contributed by atoms with Crippen LogP contribution >= 0.6 is 34.9 Å². The molecule has 0 aromatic carbocycles. The van der Waals surface area contributed by atoms with Gasteiger partial charge in [-0.05, 0) is 34.6 Å². The second-order valence-electron chi connectivity index (χ2n) is 3.77. The molecule has 0 aliphatic rings. The third-order valence-corrected chi connectivity index (χ3v) is 4.17. The first kappa shape index (κ1) is 13.9. The van der Waals surface area contributed by atoms with Crippen LogP contribution in [0.4, 0.5) is 0 Å². The van der Waals surface area contributed by atoms with Crippen molar-refractivity contribution in [3.63, 3.8) is 0 Å². The molecule has 0 fully saturated rings. The molecule has 2 heterocycles. The number of amides is 1. The van der Waals surface area contributed by atoms with E-state index in [1.165, 1.54) is 21.9 Å². The minimum Gasteiger partial charge on any atom is -0.375 e. The van der Waals surface area contributed by atoms with Crippen molar-refractivity contribution >= 4 is 45.9 Å². The Morgan fingerprint density at radius 3 is 3.00 bits per heavy atom. The van der Waals surface area contributed by atoms with Crippen molar-refractivity contribution in [2.75, 3.05) is 7.05 Å². The standard InChI is InChI=1S/C11H12N4OS3/c1-15(11(12)17)14-10(16)8-6-19-9(13-8)4-7-2-3-18-5-7/h2-3,5-6H,4H2,1H3,(H2,12,17)(H,14,16). The normalized spacial score (nSPS) is 10.2. The number of nitrogens with zero attached hydrogens (tertiary/aromatic N) is 2. The smallest absolute Gasteiger partial charge is 0.289 e. The third kappa shape index (κ3) is 3.72. The second-order valence-corrected chi connectivity index (χ2v) is 5.91. The fraction of sp³-hybridized carbons (Fsp3) is 0.182. The van der Waals surface area contributed by atoms with Gasteiger partial charge in [-0.1, -0.05) is 0 Å². The van der Waals surface area contributed by atoms with Crippen LogP contribution in [0.3, 0.4) is 0 Å². The van der Waals surface area contributed by atoms with Gasteiger partial charge in [-0.15, -0.1) is 11.3 Å². The summed E-state index contributed by atoms with van der Waals surface area (Å²) in [5.74, 6) is -0.317. The minimum atomic E-state index is -0.317. The molecule has 100 valence electrons. The van der Waals surface area contributed by atoms with E-state index in [2.05, 4.69) is 15.8 Å². The summed E-state index contributed by atoms with van der Waals surface area (Å²) in [6, 6.07) is 2.05. The Labute approximate surface area is 124 Å². The average Bonchev–Trinajstić information content (AvgIpc) is 3.00.